The second kappa shape index (κ2) is 8.66. The van der Waals surface area contributed by atoms with Crippen molar-refractivity contribution in [2.45, 2.75) is 12.2 Å². The molecular weight excluding hydrogens is 454 g/mol. The zero-order chi connectivity index (χ0) is 24.6. The Hall–Kier alpha value is -4.14. The molecule has 0 spiro atoms. The third kappa shape index (κ3) is 4.00. The van der Waals surface area contributed by atoms with Gasteiger partial charge in [-0.15, -0.1) is 0 Å². The number of carbonyl (C=O) groups excluding carboxylic acids is 2. The molecule has 1 atom stereocenters. The number of ether oxygens (including phenoxy) is 1. The summed E-state index contributed by atoms with van der Waals surface area (Å²) >= 11 is 0. The minimum Gasteiger partial charge on any atom is -0.507 e. The SMILES string of the molecule is COc1cccc(/C(O)=C2\C(=O)C(=O)N(c3cccc(C(F)(F)F)c3)C2c2ccccc2F)c1. The normalized spacial score (nSPS) is 17.8. The maximum Gasteiger partial charge on any atom is 0.416 e. The first-order valence-corrected chi connectivity index (χ1v) is 10.0. The first-order valence-electron chi connectivity index (χ1n) is 10.0. The number of hydrogen-bond acceptors (Lipinski definition) is 4. The van der Waals surface area contributed by atoms with Crippen LogP contribution >= 0.6 is 0 Å². The number of ketones is 1. The van der Waals surface area contributed by atoms with E-state index < -0.39 is 46.6 Å². The molecule has 0 aliphatic carbocycles. The minimum absolute atomic E-state index is 0.114. The van der Waals surface area contributed by atoms with E-state index in [4.69, 9.17) is 4.74 Å². The topological polar surface area (TPSA) is 66.8 Å². The first kappa shape index (κ1) is 23.0. The molecule has 1 aliphatic heterocycles. The summed E-state index contributed by atoms with van der Waals surface area (Å²) in [5.74, 6) is -3.43. The van der Waals surface area contributed by atoms with Crippen LogP contribution in [0.2, 0.25) is 0 Å². The Labute approximate surface area is 191 Å². The van der Waals surface area contributed by atoms with Gasteiger partial charge in [0, 0.05) is 16.8 Å². The maximum absolute atomic E-state index is 14.9. The van der Waals surface area contributed by atoms with Gasteiger partial charge in [-0.25, -0.2) is 4.39 Å². The van der Waals surface area contributed by atoms with Gasteiger partial charge in [0.05, 0.1) is 24.3 Å². The van der Waals surface area contributed by atoms with Gasteiger partial charge in [0.15, 0.2) is 0 Å². The van der Waals surface area contributed by atoms with Crippen molar-refractivity contribution in [2.24, 2.45) is 0 Å². The van der Waals surface area contributed by atoms with Gasteiger partial charge in [0.1, 0.15) is 17.3 Å². The molecule has 0 saturated carbocycles. The number of hydrogen-bond donors (Lipinski definition) is 1. The molecule has 3 aromatic rings. The zero-order valence-corrected chi connectivity index (χ0v) is 17.6. The molecule has 4 rings (SSSR count). The fraction of sp³-hybridized carbons (Fsp3) is 0.120. The lowest BCUT2D eigenvalue weighted by atomic mass is 9.94. The third-order valence-corrected chi connectivity index (χ3v) is 5.44. The molecule has 0 radical (unpaired) electrons. The van der Waals surface area contributed by atoms with Gasteiger partial charge in [0.2, 0.25) is 0 Å². The van der Waals surface area contributed by atoms with Crippen LogP contribution in [0.4, 0.5) is 23.2 Å². The van der Waals surface area contributed by atoms with Crippen LogP contribution in [0.15, 0.2) is 78.4 Å². The lowest BCUT2D eigenvalue weighted by Gasteiger charge is -2.26. The number of aliphatic hydroxyl groups is 1. The Balaban J connectivity index is 1.97. The van der Waals surface area contributed by atoms with Crippen molar-refractivity contribution in [1.82, 2.24) is 0 Å². The summed E-state index contributed by atoms with van der Waals surface area (Å²) in [5, 5.41) is 11.0. The van der Waals surface area contributed by atoms with Crippen molar-refractivity contribution >= 4 is 23.1 Å². The van der Waals surface area contributed by atoms with Gasteiger partial charge in [-0.1, -0.05) is 36.4 Å². The highest BCUT2D eigenvalue weighted by atomic mass is 19.4. The minimum atomic E-state index is -4.71. The fourth-order valence-electron chi connectivity index (χ4n) is 3.85. The average molecular weight is 471 g/mol. The molecule has 1 fully saturated rings. The van der Waals surface area contributed by atoms with E-state index in [0.29, 0.717) is 11.8 Å². The van der Waals surface area contributed by atoms with Crippen LogP contribution in [0.3, 0.4) is 0 Å². The Bertz CT molecular complexity index is 1320. The molecule has 9 heteroatoms. The average Bonchev–Trinajstić information content (AvgIpc) is 3.08. The standard InChI is InChI=1S/C25H17F4NO4/c1-34-17-9-4-6-14(12-17)22(31)20-21(18-10-2-3-11-19(18)26)30(24(33)23(20)32)16-8-5-7-15(13-16)25(27,28)29/h2-13,21,31H,1H3/b22-20+. The van der Waals surface area contributed by atoms with E-state index in [2.05, 4.69) is 0 Å². The Kier molecular flexibility index (Phi) is 5.87. The molecule has 1 saturated heterocycles. The predicted molar refractivity (Wildman–Crippen MR) is 116 cm³/mol. The molecule has 0 aromatic heterocycles. The zero-order valence-electron chi connectivity index (χ0n) is 17.6. The number of benzene rings is 3. The molecular formula is C25H17F4NO4. The Morgan fingerprint density at radius 2 is 1.68 bits per heavy atom. The van der Waals surface area contributed by atoms with E-state index in [9.17, 15) is 32.3 Å². The number of nitrogens with zero attached hydrogens (tertiary/aromatic N) is 1. The summed E-state index contributed by atoms with van der Waals surface area (Å²) in [6.45, 7) is 0. The summed E-state index contributed by atoms with van der Waals surface area (Å²) in [7, 11) is 1.39. The van der Waals surface area contributed by atoms with Gasteiger partial charge in [-0.05, 0) is 36.4 Å². The van der Waals surface area contributed by atoms with Crippen LogP contribution in [0.5, 0.6) is 5.75 Å². The molecule has 5 nitrogen and oxygen atoms in total. The summed E-state index contributed by atoms with van der Waals surface area (Å²) < 4.78 is 59.9. The molecule has 34 heavy (non-hydrogen) atoms. The lowest BCUT2D eigenvalue weighted by Crippen LogP contribution is -2.30. The van der Waals surface area contributed by atoms with Crippen molar-refractivity contribution in [3.8, 4) is 5.75 Å². The Morgan fingerprint density at radius 3 is 2.35 bits per heavy atom. The highest BCUT2D eigenvalue weighted by Crippen LogP contribution is 2.44. The van der Waals surface area contributed by atoms with Gasteiger partial charge in [-0.2, -0.15) is 13.2 Å². The van der Waals surface area contributed by atoms with E-state index in [-0.39, 0.29) is 16.8 Å². The van der Waals surface area contributed by atoms with Gasteiger partial charge in [0.25, 0.3) is 11.7 Å². The van der Waals surface area contributed by atoms with E-state index >= 15 is 0 Å². The summed E-state index contributed by atoms with van der Waals surface area (Å²) in [5.41, 5.74) is -1.83. The van der Waals surface area contributed by atoms with Gasteiger partial charge < -0.3 is 9.84 Å². The molecule has 1 aliphatic rings. The number of halogens is 4. The fourth-order valence-corrected chi connectivity index (χ4v) is 3.85. The number of alkyl halides is 3. The monoisotopic (exact) mass is 471 g/mol. The predicted octanol–water partition coefficient (Wildman–Crippen LogP) is 5.48. The lowest BCUT2D eigenvalue weighted by molar-refractivity contribution is -0.137. The molecule has 1 unspecified atom stereocenters. The molecule has 1 amide bonds. The van der Waals surface area contributed by atoms with E-state index in [0.717, 1.165) is 23.1 Å². The highest BCUT2D eigenvalue weighted by molar-refractivity contribution is 6.51. The number of Topliss-reactive ketones (excluding diaryl/α,β-unsaturated/α-hetero) is 1. The van der Waals surface area contributed by atoms with Gasteiger partial charge in [-0.3, -0.25) is 14.5 Å². The van der Waals surface area contributed by atoms with Crippen molar-refractivity contribution in [2.75, 3.05) is 12.0 Å². The van der Waals surface area contributed by atoms with E-state index in [1.165, 1.54) is 49.6 Å². The molecule has 1 N–H and O–H groups in total. The number of carbonyl (C=O) groups is 2. The largest absolute Gasteiger partial charge is 0.507 e. The summed E-state index contributed by atoms with van der Waals surface area (Å²) in [6, 6.07) is 13.5. The molecule has 0 bridgehead atoms. The van der Waals surface area contributed by atoms with Crippen LogP contribution in [0.25, 0.3) is 5.76 Å². The first-order chi connectivity index (χ1) is 16.1. The van der Waals surface area contributed by atoms with Crippen LogP contribution in [0.1, 0.15) is 22.7 Å². The third-order valence-electron chi connectivity index (χ3n) is 5.44. The van der Waals surface area contributed by atoms with E-state index in [1.807, 2.05) is 0 Å². The highest BCUT2D eigenvalue weighted by Gasteiger charge is 2.48. The quantitative estimate of drug-likeness (QED) is 0.237. The van der Waals surface area contributed by atoms with Crippen molar-refractivity contribution in [3.05, 3.63) is 101 Å². The van der Waals surface area contributed by atoms with Crippen molar-refractivity contribution in [3.63, 3.8) is 0 Å². The maximum atomic E-state index is 14.9. The second-order valence-electron chi connectivity index (χ2n) is 7.47. The number of amides is 1. The van der Waals surface area contributed by atoms with Crippen LogP contribution in [-0.2, 0) is 15.8 Å². The van der Waals surface area contributed by atoms with Gasteiger partial charge >= 0.3 is 6.18 Å². The summed E-state index contributed by atoms with van der Waals surface area (Å²) in [6.07, 6.45) is -4.71. The second-order valence-corrected chi connectivity index (χ2v) is 7.47. The smallest absolute Gasteiger partial charge is 0.416 e. The number of anilines is 1. The molecule has 3 aromatic carbocycles. The van der Waals surface area contributed by atoms with Crippen LogP contribution < -0.4 is 9.64 Å². The van der Waals surface area contributed by atoms with Crippen LogP contribution in [-0.4, -0.2) is 23.9 Å². The molecule has 174 valence electrons. The van der Waals surface area contributed by atoms with E-state index in [1.54, 1.807) is 6.07 Å². The number of methoxy groups -OCH3 is 1. The Morgan fingerprint density at radius 1 is 0.971 bits per heavy atom. The molecule has 1 heterocycles. The van der Waals surface area contributed by atoms with Crippen LogP contribution in [0, 0.1) is 5.82 Å². The van der Waals surface area contributed by atoms with Crippen molar-refractivity contribution < 1.29 is 37.0 Å². The number of aliphatic hydroxyl groups excluding tert-OH is 1. The van der Waals surface area contributed by atoms with Crippen molar-refractivity contribution in [1.29, 1.82) is 0 Å². The number of rotatable bonds is 4. The summed E-state index contributed by atoms with van der Waals surface area (Å²) in [4.78, 5) is 26.8.